The van der Waals surface area contributed by atoms with Crippen LogP contribution in [-0.2, 0) is 14.3 Å². The average Bonchev–Trinajstić information content (AvgIpc) is 3.08. The summed E-state index contributed by atoms with van der Waals surface area (Å²) < 4.78 is 5.28. The molecule has 116 valence electrons. The van der Waals surface area contributed by atoms with Crippen LogP contribution in [0.3, 0.4) is 0 Å². The normalized spacial score (nSPS) is 35.0. The first-order valence-electron chi connectivity index (χ1n) is 7.66. The van der Waals surface area contributed by atoms with Crippen molar-refractivity contribution >= 4 is 11.9 Å². The van der Waals surface area contributed by atoms with Crippen LogP contribution in [0.25, 0.3) is 0 Å². The summed E-state index contributed by atoms with van der Waals surface area (Å²) in [6.45, 7) is 4.64. The molecule has 6 nitrogen and oxygen atoms in total. The summed E-state index contributed by atoms with van der Waals surface area (Å²) in [5.74, 6) is -1.78. The van der Waals surface area contributed by atoms with Crippen molar-refractivity contribution in [1.82, 2.24) is 10.2 Å². The third kappa shape index (κ3) is 2.96. The number of nitrogens with one attached hydrogen (secondary N) is 1. The number of hydrogen-bond acceptors (Lipinski definition) is 4. The lowest BCUT2D eigenvalue weighted by molar-refractivity contribution is -0.147. The number of hydrogen-bond donors (Lipinski definition) is 2. The lowest BCUT2D eigenvalue weighted by Crippen LogP contribution is -2.44. The van der Waals surface area contributed by atoms with Crippen LogP contribution in [0, 0.1) is 23.7 Å². The van der Waals surface area contributed by atoms with Gasteiger partial charge in [0.1, 0.15) is 0 Å². The Morgan fingerprint density at radius 1 is 1.19 bits per heavy atom. The molecule has 2 aliphatic carbocycles. The van der Waals surface area contributed by atoms with Crippen molar-refractivity contribution in [2.45, 2.75) is 6.42 Å². The average molecular weight is 294 g/mol. The molecule has 2 N–H and O–H groups in total. The monoisotopic (exact) mass is 294 g/mol. The van der Waals surface area contributed by atoms with Gasteiger partial charge in [-0.1, -0.05) is 12.2 Å². The molecule has 4 atom stereocenters. The predicted molar refractivity (Wildman–Crippen MR) is 75.6 cm³/mol. The maximum absolute atomic E-state index is 12.3. The van der Waals surface area contributed by atoms with E-state index in [4.69, 9.17) is 4.74 Å². The van der Waals surface area contributed by atoms with Crippen molar-refractivity contribution in [3.8, 4) is 0 Å². The summed E-state index contributed by atoms with van der Waals surface area (Å²) in [5.41, 5.74) is 0. The Hall–Kier alpha value is -1.40. The summed E-state index contributed by atoms with van der Waals surface area (Å²) in [7, 11) is 0. The Bertz CT molecular complexity index is 445. The molecule has 3 rings (SSSR count). The van der Waals surface area contributed by atoms with Crippen molar-refractivity contribution < 1.29 is 19.4 Å². The molecule has 2 fully saturated rings. The summed E-state index contributed by atoms with van der Waals surface area (Å²) in [5, 5.41) is 12.3. The molecule has 0 aromatic rings. The van der Waals surface area contributed by atoms with Crippen LogP contribution in [0.5, 0.6) is 0 Å². The number of amides is 1. The molecule has 0 aromatic carbocycles. The van der Waals surface area contributed by atoms with Crippen molar-refractivity contribution in [3.63, 3.8) is 0 Å². The van der Waals surface area contributed by atoms with Gasteiger partial charge in [0.05, 0.1) is 25.0 Å². The molecule has 0 unspecified atom stereocenters. The Kier molecular flexibility index (Phi) is 4.26. The number of nitrogens with zero attached hydrogens (tertiary/aromatic N) is 1. The van der Waals surface area contributed by atoms with E-state index in [0.717, 1.165) is 39.3 Å². The minimum atomic E-state index is -0.847. The van der Waals surface area contributed by atoms with Crippen LogP contribution in [-0.4, -0.2) is 61.3 Å². The fourth-order valence-electron chi connectivity index (χ4n) is 3.80. The van der Waals surface area contributed by atoms with Gasteiger partial charge in [0.15, 0.2) is 0 Å². The number of fused-ring (bicyclic) bond motifs is 2. The Labute approximate surface area is 124 Å². The highest BCUT2D eigenvalue weighted by molar-refractivity contribution is 5.86. The maximum atomic E-state index is 12.3. The molecule has 1 amide bonds. The molecule has 6 heteroatoms. The number of ether oxygens (including phenoxy) is 1. The molecule has 0 spiro atoms. The molecule has 1 saturated carbocycles. The molecular formula is C15H22N2O4. The second-order valence-corrected chi connectivity index (χ2v) is 6.08. The second kappa shape index (κ2) is 6.15. The largest absolute Gasteiger partial charge is 0.481 e. The van der Waals surface area contributed by atoms with Gasteiger partial charge in [-0.2, -0.15) is 0 Å². The topological polar surface area (TPSA) is 78.9 Å². The number of aliphatic carboxylic acids is 1. The van der Waals surface area contributed by atoms with Gasteiger partial charge in [-0.25, -0.2) is 0 Å². The van der Waals surface area contributed by atoms with Crippen LogP contribution < -0.4 is 5.32 Å². The molecule has 3 aliphatic rings. The number of carboxylic acid groups (broad SMARTS) is 1. The lowest BCUT2D eigenvalue weighted by atomic mass is 9.82. The lowest BCUT2D eigenvalue weighted by Gasteiger charge is -2.27. The van der Waals surface area contributed by atoms with Crippen LogP contribution in [0.15, 0.2) is 12.2 Å². The highest BCUT2D eigenvalue weighted by atomic mass is 16.5. The van der Waals surface area contributed by atoms with E-state index >= 15 is 0 Å². The first-order valence-corrected chi connectivity index (χ1v) is 7.66. The zero-order valence-corrected chi connectivity index (χ0v) is 12.0. The minimum Gasteiger partial charge on any atom is -0.481 e. The zero-order valence-electron chi connectivity index (χ0n) is 12.0. The van der Waals surface area contributed by atoms with E-state index in [1.54, 1.807) is 0 Å². The molecular weight excluding hydrogens is 272 g/mol. The Morgan fingerprint density at radius 2 is 1.86 bits per heavy atom. The van der Waals surface area contributed by atoms with Crippen LogP contribution >= 0.6 is 0 Å². The van der Waals surface area contributed by atoms with E-state index in [1.807, 2.05) is 12.2 Å². The third-order valence-corrected chi connectivity index (χ3v) is 4.88. The number of carbonyl (C=O) groups is 2. The summed E-state index contributed by atoms with van der Waals surface area (Å²) >= 11 is 0. The van der Waals surface area contributed by atoms with E-state index < -0.39 is 17.8 Å². The van der Waals surface area contributed by atoms with E-state index in [2.05, 4.69) is 10.2 Å². The van der Waals surface area contributed by atoms with E-state index in [9.17, 15) is 14.7 Å². The molecule has 21 heavy (non-hydrogen) atoms. The Balaban J connectivity index is 1.50. The fraction of sp³-hybridized carbons (Fsp3) is 0.733. The minimum absolute atomic E-state index is 0.0301. The zero-order chi connectivity index (χ0) is 14.8. The third-order valence-electron chi connectivity index (χ3n) is 4.88. The number of rotatable bonds is 5. The smallest absolute Gasteiger partial charge is 0.307 e. The molecule has 0 radical (unpaired) electrons. The van der Waals surface area contributed by atoms with Crippen molar-refractivity contribution in [1.29, 1.82) is 0 Å². The number of carboxylic acids is 1. The van der Waals surface area contributed by atoms with Gasteiger partial charge >= 0.3 is 5.97 Å². The van der Waals surface area contributed by atoms with Gasteiger partial charge in [-0.3, -0.25) is 14.5 Å². The number of carbonyl (C=O) groups excluding carboxylic acids is 1. The van der Waals surface area contributed by atoms with Gasteiger partial charge in [0, 0.05) is 26.2 Å². The van der Waals surface area contributed by atoms with Crippen molar-refractivity contribution in [2.75, 3.05) is 39.4 Å². The van der Waals surface area contributed by atoms with Crippen LogP contribution in [0.4, 0.5) is 0 Å². The highest BCUT2D eigenvalue weighted by Crippen LogP contribution is 2.48. The summed E-state index contributed by atoms with van der Waals surface area (Å²) in [6, 6.07) is 0. The summed E-state index contributed by atoms with van der Waals surface area (Å²) in [6.07, 6.45) is 4.77. The van der Waals surface area contributed by atoms with E-state index in [1.165, 1.54) is 0 Å². The molecule has 1 saturated heterocycles. The van der Waals surface area contributed by atoms with E-state index in [0.29, 0.717) is 6.54 Å². The van der Waals surface area contributed by atoms with Gasteiger partial charge in [0.25, 0.3) is 0 Å². The van der Waals surface area contributed by atoms with Crippen molar-refractivity contribution in [3.05, 3.63) is 12.2 Å². The maximum Gasteiger partial charge on any atom is 0.307 e. The highest BCUT2D eigenvalue weighted by Gasteiger charge is 2.51. The molecule has 1 aliphatic heterocycles. The first kappa shape index (κ1) is 14.5. The van der Waals surface area contributed by atoms with Crippen LogP contribution in [0.2, 0.25) is 0 Å². The van der Waals surface area contributed by atoms with Gasteiger partial charge in [-0.05, 0) is 18.3 Å². The standard InChI is InChI=1S/C15H22N2O4/c18-14(16-3-4-17-5-7-21-8-6-17)12-10-1-2-11(9-10)13(12)15(19)20/h1-2,10-13H,3-9H2,(H,16,18)(H,19,20)/t10-,11+,12+,13-/m0/s1. The van der Waals surface area contributed by atoms with Crippen LogP contribution in [0.1, 0.15) is 6.42 Å². The fourth-order valence-corrected chi connectivity index (χ4v) is 3.80. The summed E-state index contributed by atoms with van der Waals surface area (Å²) in [4.78, 5) is 26.0. The quantitative estimate of drug-likeness (QED) is 0.696. The first-order chi connectivity index (χ1) is 10.2. The predicted octanol–water partition coefficient (Wildman–Crippen LogP) is -0.0423. The van der Waals surface area contributed by atoms with Gasteiger partial charge in [-0.15, -0.1) is 0 Å². The van der Waals surface area contributed by atoms with Gasteiger partial charge < -0.3 is 15.2 Å². The number of allylic oxidation sites excluding steroid dienone is 2. The second-order valence-electron chi connectivity index (χ2n) is 6.08. The molecule has 0 aromatic heterocycles. The molecule has 2 bridgehead atoms. The SMILES string of the molecule is O=C(O)[C@@H]1[C@H](C(=O)NCCN2CCOCC2)[C@H]2C=C[C@@H]1C2. The van der Waals surface area contributed by atoms with E-state index in [-0.39, 0.29) is 17.7 Å². The Morgan fingerprint density at radius 3 is 2.52 bits per heavy atom. The van der Waals surface area contributed by atoms with Gasteiger partial charge in [0.2, 0.25) is 5.91 Å². The molecule has 1 heterocycles. The van der Waals surface area contributed by atoms with Crippen molar-refractivity contribution in [2.24, 2.45) is 23.7 Å². The number of morpholine rings is 1.